The van der Waals surface area contributed by atoms with E-state index in [1.165, 1.54) is 11.3 Å². The van der Waals surface area contributed by atoms with Crippen molar-refractivity contribution in [1.29, 1.82) is 0 Å². The monoisotopic (exact) mass is 377 g/mol. The summed E-state index contributed by atoms with van der Waals surface area (Å²) in [6.45, 7) is 0.634. The van der Waals surface area contributed by atoms with Crippen molar-refractivity contribution in [2.75, 3.05) is 6.79 Å². The van der Waals surface area contributed by atoms with Gasteiger partial charge in [-0.3, -0.25) is 4.79 Å². The molecular weight excluding hydrogens is 362 g/mol. The van der Waals surface area contributed by atoms with Crippen LogP contribution in [0.2, 0.25) is 0 Å². The zero-order valence-electron chi connectivity index (χ0n) is 14.2. The zero-order valence-corrected chi connectivity index (χ0v) is 15.0. The third-order valence-corrected chi connectivity index (χ3v) is 5.26. The summed E-state index contributed by atoms with van der Waals surface area (Å²) in [7, 11) is 0. The number of fused-ring (bicyclic) bond motifs is 2. The van der Waals surface area contributed by atoms with Gasteiger partial charge in [0.05, 0.1) is 5.69 Å². The van der Waals surface area contributed by atoms with Gasteiger partial charge in [-0.1, -0.05) is 24.3 Å². The molecule has 0 bridgehead atoms. The molecule has 134 valence electrons. The van der Waals surface area contributed by atoms with Gasteiger partial charge >= 0.3 is 0 Å². The molecule has 5 rings (SSSR count). The number of para-hydroxylation sites is 1. The molecule has 1 aliphatic heterocycles. The van der Waals surface area contributed by atoms with Crippen molar-refractivity contribution in [1.82, 2.24) is 15.3 Å². The highest BCUT2D eigenvalue weighted by molar-refractivity contribution is 7.13. The summed E-state index contributed by atoms with van der Waals surface area (Å²) in [6.07, 6.45) is 0. The molecule has 1 aliphatic rings. The van der Waals surface area contributed by atoms with Gasteiger partial charge < -0.3 is 19.8 Å². The Bertz CT molecular complexity index is 1120. The Balaban J connectivity index is 1.29. The van der Waals surface area contributed by atoms with Gasteiger partial charge in [0.2, 0.25) is 6.79 Å². The van der Waals surface area contributed by atoms with Crippen LogP contribution < -0.4 is 14.8 Å². The van der Waals surface area contributed by atoms with Gasteiger partial charge in [-0.2, -0.15) is 0 Å². The lowest BCUT2D eigenvalue weighted by Crippen LogP contribution is -2.23. The highest BCUT2D eigenvalue weighted by atomic mass is 32.1. The predicted octanol–water partition coefficient (Wildman–Crippen LogP) is 3.95. The number of H-pyrrole nitrogens is 1. The molecule has 0 unspecified atom stereocenters. The van der Waals surface area contributed by atoms with Crippen LogP contribution in [0.3, 0.4) is 0 Å². The van der Waals surface area contributed by atoms with Crippen LogP contribution in [0.4, 0.5) is 0 Å². The number of carbonyl (C=O) groups is 1. The summed E-state index contributed by atoms with van der Waals surface area (Å²) >= 11 is 1.44. The van der Waals surface area contributed by atoms with Crippen LogP contribution in [-0.2, 0) is 6.54 Å². The lowest BCUT2D eigenvalue weighted by atomic mass is 10.2. The second-order valence-corrected chi connectivity index (χ2v) is 7.04. The van der Waals surface area contributed by atoms with Gasteiger partial charge in [-0.25, -0.2) is 4.98 Å². The minimum absolute atomic E-state index is 0.203. The lowest BCUT2D eigenvalue weighted by Gasteiger charge is -2.04. The summed E-state index contributed by atoms with van der Waals surface area (Å²) in [4.78, 5) is 20.2. The van der Waals surface area contributed by atoms with Gasteiger partial charge in [0.1, 0.15) is 10.7 Å². The second-order valence-electron chi connectivity index (χ2n) is 6.18. The number of hydrogen-bond acceptors (Lipinski definition) is 5. The summed E-state index contributed by atoms with van der Waals surface area (Å²) in [5, 5.41) is 6.58. The first-order chi connectivity index (χ1) is 13.3. The fourth-order valence-electron chi connectivity index (χ4n) is 3.01. The molecule has 1 amide bonds. The van der Waals surface area contributed by atoms with E-state index in [9.17, 15) is 4.79 Å². The van der Waals surface area contributed by atoms with E-state index in [1.54, 1.807) is 5.38 Å². The molecule has 27 heavy (non-hydrogen) atoms. The van der Waals surface area contributed by atoms with E-state index in [0.29, 0.717) is 18.0 Å². The first-order valence-electron chi connectivity index (χ1n) is 8.47. The predicted molar refractivity (Wildman–Crippen MR) is 103 cm³/mol. The number of ether oxygens (including phenoxy) is 2. The smallest absolute Gasteiger partial charge is 0.271 e. The number of hydrogen-bond donors (Lipinski definition) is 2. The Morgan fingerprint density at radius 2 is 2.04 bits per heavy atom. The molecule has 2 N–H and O–H groups in total. The normalized spacial score (nSPS) is 12.4. The summed E-state index contributed by atoms with van der Waals surface area (Å²) in [6, 6.07) is 15.7. The maximum atomic E-state index is 12.4. The molecule has 3 heterocycles. The standard InChI is InChI=1S/C20H15N3O3S/c24-19(21-9-12-5-6-17-18(7-12)26-11-25-17)16-10-27-20(23-16)15-8-13-3-1-2-4-14(13)22-15/h1-8,10,22H,9,11H2,(H,21,24). The largest absolute Gasteiger partial charge is 0.454 e. The zero-order chi connectivity index (χ0) is 18.2. The molecule has 4 aromatic rings. The van der Waals surface area contributed by atoms with Crippen LogP contribution in [0, 0.1) is 0 Å². The quantitative estimate of drug-likeness (QED) is 0.565. The lowest BCUT2D eigenvalue weighted by molar-refractivity contribution is 0.0946. The van der Waals surface area contributed by atoms with Crippen LogP contribution in [0.1, 0.15) is 16.1 Å². The molecule has 0 atom stereocenters. The number of amides is 1. The Morgan fingerprint density at radius 3 is 2.96 bits per heavy atom. The molecule has 0 aliphatic carbocycles. The number of rotatable bonds is 4. The van der Waals surface area contributed by atoms with Gasteiger partial charge in [0.15, 0.2) is 11.5 Å². The molecule has 0 radical (unpaired) electrons. The van der Waals surface area contributed by atoms with E-state index in [0.717, 1.165) is 32.9 Å². The number of aromatic nitrogens is 2. The van der Waals surface area contributed by atoms with Crippen molar-refractivity contribution in [3.05, 3.63) is 65.2 Å². The van der Waals surface area contributed by atoms with Crippen molar-refractivity contribution >= 4 is 28.1 Å². The Kier molecular flexibility index (Phi) is 3.79. The number of benzene rings is 2. The number of thiazole rings is 1. The fraction of sp³-hybridized carbons (Fsp3) is 0.100. The highest BCUT2D eigenvalue weighted by Crippen LogP contribution is 2.32. The molecule has 2 aromatic heterocycles. The molecule has 2 aromatic carbocycles. The number of carbonyl (C=O) groups excluding carboxylic acids is 1. The van der Waals surface area contributed by atoms with Crippen LogP contribution in [0.15, 0.2) is 53.9 Å². The second kappa shape index (κ2) is 6.44. The minimum atomic E-state index is -0.203. The molecular formula is C20H15N3O3S. The Morgan fingerprint density at radius 1 is 1.15 bits per heavy atom. The first kappa shape index (κ1) is 15.9. The van der Waals surface area contributed by atoms with Gasteiger partial charge in [0.25, 0.3) is 5.91 Å². The SMILES string of the molecule is O=C(NCc1ccc2c(c1)OCO2)c1csc(-c2cc3ccccc3[nH]2)n1. The highest BCUT2D eigenvalue weighted by Gasteiger charge is 2.15. The van der Waals surface area contributed by atoms with Crippen molar-refractivity contribution in [2.45, 2.75) is 6.54 Å². The fourth-order valence-corrected chi connectivity index (χ4v) is 3.79. The van der Waals surface area contributed by atoms with Gasteiger partial charge in [-0.15, -0.1) is 11.3 Å². The molecule has 0 saturated carbocycles. The molecule has 6 nitrogen and oxygen atoms in total. The topological polar surface area (TPSA) is 76.2 Å². The number of nitrogens with one attached hydrogen (secondary N) is 2. The van der Waals surface area contributed by atoms with Crippen molar-refractivity contribution in [2.24, 2.45) is 0 Å². The van der Waals surface area contributed by atoms with E-state index in [1.807, 2.05) is 48.5 Å². The Hall–Kier alpha value is -3.32. The maximum absolute atomic E-state index is 12.4. The molecule has 0 spiro atoms. The summed E-state index contributed by atoms with van der Waals surface area (Å²) in [5.41, 5.74) is 3.32. The average Bonchev–Trinajstić information content (AvgIpc) is 3.43. The number of aromatic amines is 1. The summed E-state index contributed by atoms with van der Waals surface area (Å²) in [5.74, 6) is 1.23. The van der Waals surface area contributed by atoms with E-state index in [-0.39, 0.29) is 12.7 Å². The third-order valence-electron chi connectivity index (χ3n) is 4.39. The van der Waals surface area contributed by atoms with Crippen LogP contribution in [0.5, 0.6) is 11.5 Å². The first-order valence-corrected chi connectivity index (χ1v) is 9.34. The van der Waals surface area contributed by atoms with Gasteiger partial charge in [0, 0.05) is 22.8 Å². The number of nitrogens with zero attached hydrogens (tertiary/aromatic N) is 1. The van der Waals surface area contributed by atoms with E-state index in [2.05, 4.69) is 15.3 Å². The van der Waals surface area contributed by atoms with E-state index < -0.39 is 0 Å². The molecule has 0 fully saturated rings. The van der Waals surface area contributed by atoms with E-state index in [4.69, 9.17) is 9.47 Å². The Labute approximate surface area is 158 Å². The maximum Gasteiger partial charge on any atom is 0.271 e. The van der Waals surface area contributed by atoms with Crippen molar-refractivity contribution < 1.29 is 14.3 Å². The molecule has 0 saturated heterocycles. The van der Waals surface area contributed by atoms with Gasteiger partial charge in [-0.05, 0) is 29.8 Å². The molecule has 7 heteroatoms. The minimum Gasteiger partial charge on any atom is -0.454 e. The van der Waals surface area contributed by atoms with Crippen LogP contribution in [0.25, 0.3) is 21.6 Å². The summed E-state index contributed by atoms with van der Waals surface area (Å²) < 4.78 is 10.7. The van der Waals surface area contributed by atoms with Crippen LogP contribution >= 0.6 is 11.3 Å². The van der Waals surface area contributed by atoms with Crippen molar-refractivity contribution in [3.63, 3.8) is 0 Å². The van der Waals surface area contributed by atoms with Crippen LogP contribution in [-0.4, -0.2) is 22.7 Å². The van der Waals surface area contributed by atoms with E-state index >= 15 is 0 Å². The van der Waals surface area contributed by atoms with Crippen molar-refractivity contribution in [3.8, 4) is 22.2 Å². The average molecular weight is 377 g/mol. The third kappa shape index (κ3) is 3.02.